The summed E-state index contributed by atoms with van der Waals surface area (Å²) in [6, 6.07) is 9.17. The number of nitrogens with zero attached hydrogens (tertiary/aromatic N) is 2. The minimum absolute atomic E-state index is 0.394. The highest BCUT2D eigenvalue weighted by Gasteiger charge is 2.18. The van der Waals surface area contributed by atoms with Crippen molar-refractivity contribution in [3.05, 3.63) is 46.8 Å². The molecule has 0 saturated heterocycles. The first-order valence-corrected chi connectivity index (χ1v) is 8.72. The van der Waals surface area contributed by atoms with Gasteiger partial charge in [0.05, 0.1) is 12.8 Å². The Morgan fingerprint density at radius 3 is 2.25 bits per heavy atom. The molecule has 2 aromatic rings. The van der Waals surface area contributed by atoms with Crippen LogP contribution < -0.4 is 10.1 Å². The van der Waals surface area contributed by atoms with Gasteiger partial charge in [-0.1, -0.05) is 19.1 Å². The number of methoxy groups -OCH3 is 1. The minimum Gasteiger partial charge on any atom is -0.497 e. The van der Waals surface area contributed by atoms with Crippen molar-refractivity contribution < 1.29 is 4.74 Å². The van der Waals surface area contributed by atoms with E-state index >= 15 is 0 Å². The summed E-state index contributed by atoms with van der Waals surface area (Å²) in [6.45, 7) is 11.0. The highest BCUT2D eigenvalue weighted by atomic mass is 16.5. The molecule has 3 atom stereocenters. The first-order valence-electron chi connectivity index (χ1n) is 8.72. The van der Waals surface area contributed by atoms with Gasteiger partial charge in [-0.25, -0.2) is 0 Å². The molecule has 0 radical (unpaired) electrons. The van der Waals surface area contributed by atoms with Gasteiger partial charge in [0.2, 0.25) is 0 Å². The Hall–Kier alpha value is -1.81. The summed E-state index contributed by atoms with van der Waals surface area (Å²) >= 11 is 0. The topological polar surface area (TPSA) is 39.1 Å². The first kappa shape index (κ1) is 18.5. The molecule has 1 N–H and O–H groups in total. The fraction of sp³-hybridized carbons (Fsp3) is 0.550. The Morgan fingerprint density at radius 2 is 1.75 bits per heavy atom. The van der Waals surface area contributed by atoms with E-state index < -0.39 is 0 Å². The van der Waals surface area contributed by atoms with E-state index in [1.54, 1.807) is 7.11 Å². The minimum atomic E-state index is 0.394. The maximum absolute atomic E-state index is 5.24. The number of hydrogen-bond donors (Lipinski definition) is 1. The molecule has 4 nitrogen and oxygen atoms in total. The van der Waals surface area contributed by atoms with Gasteiger partial charge < -0.3 is 10.1 Å². The standard InChI is InChI=1S/C20H31N3O/c1-13(12-20-16(4)22-23(6)17(20)5)21-15(3)14(2)18-8-10-19(24-7)11-9-18/h8-11,13-15,21H,12H2,1-7H3/t13-,14+,15-/m0/s1. The van der Waals surface area contributed by atoms with Gasteiger partial charge in [0.25, 0.3) is 0 Å². The van der Waals surface area contributed by atoms with Gasteiger partial charge in [-0.15, -0.1) is 0 Å². The Labute approximate surface area is 146 Å². The molecule has 0 unspecified atom stereocenters. The van der Waals surface area contributed by atoms with Crippen LogP contribution in [0.25, 0.3) is 0 Å². The lowest BCUT2D eigenvalue weighted by atomic mass is 9.93. The second-order valence-corrected chi connectivity index (χ2v) is 6.90. The Kier molecular flexibility index (Phi) is 6.05. The Bertz CT molecular complexity index is 660. The summed E-state index contributed by atoms with van der Waals surface area (Å²) in [5.41, 5.74) is 5.09. The highest BCUT2D eigenvalue weighted by molar-refractivity contribution is 5.30. The van der Waals surface area contributed by atoms with E-state index in [-0.39, 0.29) is 0 Å². The smallest absolute Gasteiger partial charge is 0.118 e. The van der Waals surface area contributed by atoms with E-state index in [1.807, 2.05) is 23.9 Å². The molecule has 0 aliphatic heterocycles. The predicted octanol–water partition coefficient (Wildman–Crippen LogP) is 3.76. The summed E-state index contributed by atoms with van der Waals surface area (Å²) in [5.74, 6) is 1.34. The van der Waals surface area contributed by atoms with Crippen molar-refractivity contribution in [1.29, 1.82) is 0 Å². The Morgan fingerprint density at radius 1 is 1.12 bits per heavy atom. The maximum Gasteiger partial charge on any atom is 0.118 e. The van der Waals surface area contributed by atoms with Crippen LogP contribution in [-0.4, -0.2) is 29.0 Å². The lowest BCUT2D eigenvalue weighted by Gasteiger charge is -2.26. The zero-order valence-electron chi connectivity index (χ0n) is 16.1. The molecule has 1 heterocycles. The van der Waals surface area contributed by atoms with Crippen LogP contribution in [0.15, 0.2) is 24.3 Å². The van der Waals surface area contributed by atoms with Gasteiger partial charge in [0, 0.05) is 24.8 Å². The van der Waals surface area contributed by atoms with Crippen molar-refractivity contribution >= 4 is 0 Å². The second kappa shape index (κ2) is 7.84. The van der Waals surface area contributed by atoms with E-state index in [0.717, 1.165) is 17.9 Å². The molecular weight excluding hydrogens is 298 g/mol. The van der Waals surface area contributed by atoms with Crippen molar-refractivity contribution in [2.24, 2.45) is 7.05 Å². The predicted molar refractivity (Wildman–Crippen MR) is 99.9 cm³/mol. The zero-order valence-corrected chi connectivity index (χ0v) is 16.1. The second-order valence-electron chi connectivity index (χ2n) is 6.90. The monoisotopic (exact) mass is 329 g/mol. The zero-order chi connectivity index (χ0) is 17.9. The average Bonchev–Trinajstić information content (AvgIpc) is 2.80. The van der Waals surface area contributed by atoms with Crippen molar-refractivity contribution in [3.8, 4) is 5.75 Å². The molecule has 2 rings (SSSR count). The van der Waals surface area contributed by atoms with Crippen molar-refractivity contribution in [3.63, 3.8) is 0 Å². The fourth-order valence-electron chi connectivity index (χ4n) is 3.27. The van der Waals surface area contributed by atoms with E-state index in [2.05, 4.69) is 57.2 Å². The third kappa shape index (κ3) is 4.18. The van der Waals surface area contributed by atoms with Crippen molar-refractivity contribution in [2.45, 2.75) is 59.0 Å². The van der Waals surface area contributed by atoms with Gasteiger partial charge in [0.1, 0.15) is 5.75 Å². The van der Waals surface area contributed by atoms with Gasteiger partial charge >= 0.3 is 0 Å². The molecule has 0 aliphatic carbocycles. The first-order chi connectivity index (χ1) is 11.3. The summed E-state index contributed by atoms with van der Waals surface area (Å²) in [4.78, 5) is 0. The van der Waals surface area contributed by atoms with Gasteiger partial charge in [-0.2, -0.15) is 5.10 Å². The van der Waals surface area contributed by atoms with E-state index in [9.17, 15) is 0 Å². The molecule has 0 bridgehead atoms. The largest absolute Gasteiger partial charge is 0.497 e. The average molecular weight is 329 g/mol. The van der Waals surface area contributed by atoms with Crippen LogP contribution >= 0.6 is 0 Å². The quantitative estimate of drug-likeness (QED) is 0.841. The summed E-state index contributed by atoms with van der Waals surface area (Å²) in [7, 11) is 3.71. The SMILES string of the molecule is COc1ccc([C@H](C)[C@H](C)N[C@@H](C)Cc2c(C)nn(C)c2C)cc1. The van der Waals surface area contributed by atoms with Gasteiger partial charge in [-0.3, -0.25) is 4.68 Å². The number of rotatable bonds is 7. The van der Waals surface area contributed by atoms with Crippen LogP contribution in [0.2, 0.25) is 0 Å². The summed E-state index contributed by atoms with van der Waals surface area (Å²) in [5, 5.41) is 8.27. The highest BCUT2D eigenvalue weighted by Crippen LogP contribution is 2.23. The third-order valence-corrected chi connectivity index (χ3v) is 5.11. The van der Waals surface area contributed by atoms with Crippen molar-refractivity contribution in [2.75, 3.05) is 7.11 Å². The van der Waals surface area contributed by atoms with Gasteiger partial charge in [-0.05, 0) is 63.3 Å². The maximum atomic E-state index is 5.24. The molecule has 0 spiro atoms. The van der Waals surface area contributed by atoms with Crippen LogP contribution in [0.5, 0.6) is 5.75 Å². The van der Waals surface area contributed by atoms with E-state index in [0.29, 0.717) is 18.0 Å². The molecule has 0 saturated carbocycles. The molecule has 4 heteroatoms. The van der Waals surface area contributed by atoms with Crippen LogP contribution in [0.3, 0.4) is 0 Å². The van der Waals surface area contributed by atoms with Crippen LogP contribution in [0.4, 0.5) is 0 Å². The molecule has 1 aromatic heterocycles. The molecular formula is C20H31N3O. The lowest BCUT2D eigenvalue weighted by molar-refractivity contribution is 0.411. The molecule has 24 heavy (non-hydrogen) atoms. The number of hydrogen-bond acceptors (Lipinski definition) is 3. The van der Waals surface area contributed by atoms with Crippen LogP contribution in [0.1, 0.15) is 49.2 Å². The number of benzene rings is 1. The van der Waals surface area contributed by atoms with E-state index in [1.165, 1.54) is 16.8 Å². The van der Waals surface area contributed by atoms with Gasteiger partial charge in [0.15, 0.2) is 0 Å². The van der Waals surface area contributed by atoms with E-state index in [4.69, 9.17) is 4.74 Å². The fourth-order valence-corrected chi connectivity index (χ4v) is 3.27. The molecule has 0 amide bonds. The number of ether oxygens (including phenoxy) is 1. The number of aryl methyl sites for hydroxylation is 2. The molecule has 132 valence electrons. The molecule has 0 aliphatic rings. The number of aromatic nitrogens is 2. The molecule has 1 aromatic carbocycles. The summed E-state index contributed by atoms with van der Waals surface area (Å²) < 4.78 is 7.21. The normalized spacial score (nSPS) is 15.1. The van der Waals surface area contributed by atoms with Crippen LogP contribution in [-0.2, 0) is 13.5 Å². The third-order valence-electron chi connectivity index (χ3n) is 5.11. The summed E-state index contributed by atoms with van der Waals surface area (Å²) in [6.07, 6.45) is 1.01. The van der Waals surface area contributed by atoms with Crippen molar-refractivity contribution in [1.82, 2.24) is 15.1 Å². The lowest BCUT2D eigenvalue weighted by Crippen LogP contribution is -2.39. The molecule has 0 fully saturated rings. The Balaban J connectivity index is 1.98. The number of nitrogens with one attached hydrogen (secondary N) is 1. The van der Waals surface area contributed by atoms with Crippen LogP contribution in [0, 0.1) is 13.8 Å².